The predicted octanol–water partition coefficient (Wildman–Crippen LogP) is 3.45. The second-order valence-corrected chi connectivity index (χ2v) is 6.23. The van der Waals surface area contributed by atoms with Crippen LogP contribution in [0, 0.1) is 12.7 Å². The van der Waals surface area contributed by atoms with Gasteiger partial charge in [-0.3, -0.25) is 14.6 Å². The zero-order valence-corrected chi connectivity index (χ0v) is 15.1. The topological polar surface area (TPSA) is 71.1 Å². The highest BCUT2D eigenvalue weighted by Crippen LogP contribution is 2.20. The van der Waals surface area contributed by atoms with E-state index in [1.165, 1.54) is 24.4 Å². The zero-order chi connectivity index (χ0) is 18.2. The first-order chi connectivity index (χ1) is 11.9. The van der Waals surface area contributed by atoms with Gasteiger partial charge in [0.1, 0.15) is 5.82 Å². The smallest absolute Gasteiger partial charge is 0.244 e. The zero-order valence-electron chi connectivity index (χ0n) is 13.6. The normalized spacial score (nSPS) is 10.7. The lowest BCUT2D eigenvalue weighted by Gasteiger charge is -2.09. The summed E-state index contributed by atoms with van der Waals surface area (Å²) >= 11 is 3.36. The molecule has 5 nitrogen and oxygen atoms in total. The Morgan fingerprint density at radius 3 is 2.80 bits per heavy atom. The lowest BCUT2D eigenvalue weighted by Crippen LogP contribution is -2.26. The van der Waals surface area contributed by atoms with Gasteiger partial charge in [-0.15, -0.1) is 0 Å². The van der Waals surface area contributed by atoms with E-state index in [1.54, 1.807) is 0 Å². The van der Waals surface area contributed by atoms with E-state index in [4.69, 9.17) is 0 Å². The molecule has 0 radical (unpaired) electrons. The van der Waals surface area contributed by atoms with Crippen molar-refractivity contribution in [3.63, 3.8) is 0 Å². The molecule has 0 aliphatic rings. The van der Waals surface area contributed by atoms with E-state index in [0.29, 0.717) is 5.56 Å². The van der Waals surface area contributed by atoms with Crippen LogP contribution >= 0.6 is 15.9 Å². The van der Waals surface area contributed by atoms with Crippen molar-refractivity contribution in [3.05, 3.63) is 64.2 Å². The number of hydrogen-bond acceptors (Lipinski definition) is 3. The summed E-state index contributed by atoms with van der Waals surface area (Å²) in [7, 11) is 0. The number of amides is 2. The Hall–Kier alpha value is -2.54. The van der Waals surface area contributed by atoms with Gasteiger partial charge in [-0.2, -0.15) is 0 Å². The van der Waals surface area contributed by atoms with E-state index in [-0.39, 0.29) is 24.8 Å². The fraction of sp³-hybridized carbons (Fsp3) is 0.167. The quantitative estimate of drug-likeness (QED) is 0.722. The van der Waals surface area contributed by atoms with Crippen molar-refractivity contribution in [1.29, 1.82) is 0 Å². The number of pyridine rings is 1. The number of halogens is 2. The largest absolute Gasteiger partial charge is 0.352 e. The van der Waals surface area contributed by atoms with Crippen LogP contribution in [0.1, 0.15) is 17.5 Å². The third-order valence-corrected chi connectivity index (χ3v) is 3.76. The Kier molecular flexibility index (Phi) is 6.82. The number of benzene rings is 1. The van der Waals surface area contributed by atoms with E-state index in [0.717, 1.165) is 21.9 Å². The molecule has 130 valence electrons. The summed E-state index contributed by atoms with van der Waals surface area (Å²) in [5, 5.41) is 5.40. The molecule has 0 fully saturated rings. The van der Waals surface area contributed by atoms with Crippen LogP contribution < -0.4 is 10.6 Å². The number of aryl methyl sites for hydroxylation is 1. The number of aromatic nitrogens is 1. The number of anilines is 1. The molecule has 25 heavy (non-hydrogen) atoms. The molecule has 2 aromatic rings. The van der Waals surface area contributed by atoms with Gasteiger partial charge in [0, 0.05) is 35.4 Å². The van der Waals surface area contributed by atoms with E-state index in [2.05, 4.69) is 31.5 Å². The van der Waals surface area contributed by atoms with Gasteiger partial charge in [-0.05, 0) is 48.4 Å². The number of rotatable bonds is 6. The van der Waals surface area contributed by atoms with Gasteiger partial charge in [0.2, 0.25) is 11.8 Å². The van der Waals surface area contributed by atoms with Crippen LogP contribution in [0.25, 0.3) is 6.08 Å². The molecular weight excluding hydrogens is 389 g/mol. The summed E-state index contributed by atoms with van der Waals surface area (Å²) < 4.78 is 13.9. The van der Waals surface area contributed by atoms with E-state index in [9.17, 15) is 14.0 Å². The van der Waals surface area contributed by atoms with Gasteiger partial charge in [-0.25, -0.2) is 4.39 Å². The van der Waals surface area contributed by atoms with Gasteiger partial charge in [0.25, 0.3) is 0 Å². The minimum atomic E-state index is -0.470. The molecule has 0 saturated heterocycles. The molecule has 0 saturated carbocycles. The van der Waals surface area contributed by atoms with E-state index in [1.807, 2.05) is 25.1 Å². The standard InChI is InChI=1S/C18H17BrFN3O2/c1-12-8-14(19)3-4-16(12)23-18(25)6-7-22-17(24)5-2-13-9-15(20)11-21-10-13/h2-5,8-11H,6-7H2,1H3,(H,22,24)(H,23,25)/b5-2+. The molecule has 2 amide bonds. The van der Waals surface area contributed by atoms with Crippen molar-refractivity contribution in [3.8, 4) is 0 Å². The van der Waals surface area contributed by atoms with Crippen LogP contribution in [0.5, 0.6) is 0 Å². The first-order valence-corrected chi connectivity index (χ1v) is 8.36. The number of hydrogen-bond donors (Lipinski definition) is 2. The number of nitrogens with zero attached hydrogens (tertiary/aromatic N) is 1. The Labute approximate surface area is 153 Å². The summed E-state index contributed by atoms with van der Waals surface area (Å²) in [5.41, 5.74) is 2.16. The monoisotopic (exact) mass is 405 g/mol. The van der Waals surface area contributed by atoms with Crippen LogP contribution in [0.4, 0.5) is 10.1 Å². The number of carbonyl (C=O) groups excluding carboxylic acids is 2. The maximum absolute atomic E-state index is 13.0. The third kappa shape index (κ3) is 6.46. The predicted molar refractivity (Wildman–Crippen MR) is 98.4 cm³/mol. The summed E-state index contributed by atoms with van der Waals surface area (Å²) in [6, 6.07) is 6.83. The summed E-state index contributed by atoms with van der Waals surface area (Å²) in [6.45, 7) is 2.10. The first kappa shape index (κ1) is 18.8. The Morgan fingerprint density at radius 2 is 2.08 bits per heavy atom. The van der Waals surface area contributed by atoms with Crippen molar-refractivity contribution in [1.82, 2.24) is 10.3 Å². The fourth-order valence-electron chi connectivity index (χ4n) is 2.03. The van der Waals surface area contributed by atoms with Crippen LogP contribution in [0.2, 0.25) is 0 Å². The highest BCUT2D eigenvalue weighted by atomic mass is 79.9. The molecular formula is C18H17BrFN3O2. The van der Waals surface area contributed by atoms with Crippen LogP contribution in [0.3, 0.4) is 0 Å². The van der Waals surface area contributed by atoms with Crippen LogP contribution in [0.15, 0.2) is 47.2 Å². The van der Waals surface area contributed by atoms with Gasteiger partial charge in [0.05, 0.1) is 6.20 Å². The van der Waals surface area contributed by atoms with Crippen molar-refractivity contribution >= 4 is 39.5 Å². The first-order valence-electron chi connectivity index (χ1n) is 7.56. The number of carbonyl (C=O) groups is 2. The summed E-state index contributed by atoms with van der Waals surface area (Å²) in [4.78, 5) is 27.3. The molecule has 0 aliphatic carbocycles. The van der Waals surface area contributed by atoms with Crippen molar-refractivity contribution in [2.45, 2.75) is 13.3 Å². The molecule has 1 aromatic carbocycles. The maximum Gasteiger partial charge on any atom is 0.244 e. The average Bonchev–Trinajstić information content (AvgIpc) is 2.56. The summed E-state index contributed by atoms with van der Waals surface area (Å²) in [5.74, 6) is -1.02. The Morgan fingerprint density at radius 1 is 1.28 bits per heavy atom. The molecule has 2 N–H and O–H groups in total. The van der Waals surface area contributed by atoms with Crippen LogP contribution in [-0.4, -0.2) is 23.3 Å². The second-order valence-electron chi connectivity index (χ2n) is 5.32. The molecule has 0 atom stereocenters. The van der Waals surface area contributed by atoms with Gasteiger partial charge in [-0.1, -0.05) is 15.9 Å². The van der Waals surface area contributed by atoms with Crippen molar-refractivity contribution in [2.75, 3.05) is 11.9 Å². The molecule has 1 heterocycles. The Bertz CT molecular complexity index is 809. The van der Waals surface area contributed by atoms with E-state index >= 15 is 0 Å². The van der Waals surface area contributed by atoms with Crippen LogP contribution in [-0.2, 0) is 9.59 Å². The maximum atomic E-state index is 13.0. The number of nitrogens with one attached hydrogen (secondary N) is 2. The molecule has 0 spiro atoms. The third-order valence-electron chi connectivity index (χ3n) is 3.27. The van der Waals surface area contributed by atoms with Crippen molar-refractivity contribution < 1.29 is 14.0 Å². The highest BCUT2D eigenvalue weighted by molar-refractivity contribution is 9.10. The minimum absolute atomic E-state index is 0.149. The summed E-state index contributed by atoms with van der Waals surface area (Å²) in [6.07, 6.45) is 5.41. The molecule has 0 bridgehead atoms. The SMILES string of the molecule is Cc1cc(Br)ccc1NC(=O)CCNC(=O)/C=C/c1cncc(F)c1. The Balaban J connectivity index is 1.76. The molecule has 0 unspecified atom stereocenters. The average molecular weight is 406 g/mol. The van der Waals surface area contributed by atoms with E-state index < -0.39 is 5.82 Å². The van der Waals surface area contributed by atoms with Gasteiger partial charge >= 0.3 is 0 Å². The lowest BCUT2D eigenvalue weighted by molar-refractivity contribution is -0.117. The minimum Gasteiger partial charge on any atom is -0.352 e. The molecule has 1 aromatic heterocycles. The fourth-order valence-corrected chi connectivity index (χ4v) is 2.51. The molecule has 0 aliphatic heterocycles. The van der Waals surface area contributed by atoms with Gasteiger partial charge in [0.15, 0.2) is 0 Å². The molecule has 2 rings (SSSR count). The lowest BCUT2D eigenvalue weighted by atomic mass is 10.2. The van der Waals surface area contributed by atoms with Gasteiger partial charge < -0.3 is 10.6 Å². The molecule has 7 heteroatoms. The second kappa shape index (κ2) is 9.08. The highest BCUT2D eigenvalue weighted by Gasteiger charge is 2.05. The van der Waals surface area contributed by atoms with Crippen molar-refractivity contribution in [2.24, 2.45) is 0 Å².